The Morgan fingerprint density at radius 3 is 2.75 bits per heavy atom. The number of halogens is 2. The Bertz CT molecular complexity index is 568. The summed E-state index contributed by atoms with van der Waals surface area (Å²) in [6.45, 7) is 1.80. The van der Waals surface area contributed by atoms with Crippen molar-refractivity contribution in [3.05, 3.63) is 27.7 Å². The van der Waals surface area contributed by atoms with Gasteiger partial charge in [0.1, 0.15) is 6.04 Å². The number of carboxylic acids is 1. The van der Waals surface area contributed by atoms with Crippen molar-refractivity contribution in [1.82, 2.24) is 4.90 Å². The third kappa shape index (κ3) is 3.13. The maximum Gasteiger partial charge on any atom is 0.327 e. The minimum absolute atomic E-state index is 0.333. The predicted molar refractivity (Wildman–Crippen MR) is 80.8 cm³/mol. The molecule has 0 bridgehead atoms. The van der Waals surface area contributed by atoms with Crippen molar-refractivity contribution in [2.45, 2.75) is 13.0 Å². The molecule has 1 aromatic carbocycles. The number of hydrogen-bond acceptors (Lipinski definition) is 3. The van der Waals surface area contributed by atoms with Gasteiger partial charge in [-0.25, -0.2) is 9.59 Å². The fourth-order valence-electron chi connectivity index (χ4n) is 1.78. The topological polar surface area (TPSA) is 69.6 Å². The zero-order chi connectivity index (χ0) is 14.9. The number of nitrogens with one attached hydrogen (secondary N) is 1. The molecule has 1 heterocycles. The van der Waals surface area contributed by atoms with Gasteiger partial charge in [-0.2, -0.15) is 0 Å². The molecular weight excluding hydrogens is 323 g/mol. The molecule has 1 aliphatic rings. The number of carboxylic acid groups (broad SMARTS) is 1. The molecule has 2 amide bonds. The Morgan fingerprint density at radius 2 is 2.10 bits per heavy atom. The van der Waals surface area contributed by atoms with E-state index in [4.69, 9.17) is 28.3 Å². The van der Waals surface area contributed by atoms with Gasteiger partial charge in [0.15, 0.2) is 0 Å². The molecule has 0 radical (unpaired) electrons. The molecule has 1 aromatic rings. The van der Waals surface area contributed by atoms with E-state index in [-0.39, 0.29) is 0 Å². The molecule has 0 saturated carbocycles. The molecular formula is C12H12Cl2N2O3S. The summed E-state index contributed by atoms with van der Waals surface area (Å²) in [5.74, 6) is -0.302. The fourth-order valence-corrected chi connectivity index (χ4v) is 3.35. The van der Waals surface area contributed by atoms with Gasteiger partial charge in [0.2, 0.25) is 0 Å². The summed E-state index contributed by atoms with van der Waals surface area (Å²) in [5.41, 5.74) is 1.17. The molecule has 2 N–H and O–H groups in total. The normalized spacial score (nSPS) is 18.1. The van der Waals surface area contributed by atoms with Crippen molar-refractivity contribution in [2.75, 3.05) is 16.9 Å². The lowest BCUT2D eigenvalue weighted by Crippen LogP contribution is -2.44. The van der Waals surface area contributed by atoms with Crippen molar-refractivity contribution in [3.63, 3.8) is 0 Å². The number of aliphatic carboxylic acids is 1. The van der Waals surface area contributed by atoms with Gasteiger partial charge in [0.05, 0.1) is 16.6 Å². The van der Waals surface area contributed by atoms with E-state index in [0.717, 1.165) is 5.56 Å². The predicted octanol–water partition coefficient (Wildman–Crippen LogP) is 3.29. The van der Waals surface area contributed by atoms with Crippen LogP contribution in [0.25, 0.3) is 0 Å². The molecule has 1 atom stereocenters. The lowest BCUT2D eigenvalue weighted by atomic mass is 10.2. The number of aryl methyl sites for hydroxylation is 1. The van der Waals surface area contributed by atoms with Gasteiger partial charge in [-0.3, -0.25) is 0 Å². The van der Waals surface area contributed by atoms with Gasteiger partial charge in [-0.15, -0.1) is 11.8 Å². The lowest BCUT2D eigenvalue weighted by molar-refractivity contribution is -0.140. The zero-order valence-electron chi connectivity index (χ0n) is 10.5. The second-order valence-corrected chi connectivity index (χ2v) is 6.15. The third-order valence-electron chi connectivity index (χ3n) is 2.92. The average molecular weight is 335 g/mol. The monoisotopic (exact) mass is 334 g/mol. The van der Waals surface area contributed by atoms with E-state index in [0.29, 0.717) is 27.4 Å². The third-order valence-corrected chi connectivity index (χ3v) is 4.65. The second-order valence-electron chi connectivity index (χ2n) is 4.34. The Balaban J connectivity index is 2.16. The first-order valence-corrected chi connectivity index (χ1v) is 7.65. The van der Waals surface area contributed by atoms with E-state index in [1.807, 2.05) is 0 Å². The molecule has 1 unspecified atom stereocenters. The maximum atomic E-state index is 12.1. The Kier molecular flexibility index (Phi) is 4.67. The van der Waals surface area contributed by atoms with Crippen LogP contribution >= 0.6 is 35.0 Å². The molecule has 1 saturated heterocycles. The van der Waals surface area contributed by atoms with Crippen LogP contribution in [-0.2, 0) is 4.79 Å². The van der Waals surface area contributed by atoms with Crippen molar-refractivity contribution in [1.29, 1.82) is 0 Å². The number of thioether (sulfide) groups is 1. The Morgan fingerprint density at radius 1 is 1.40 bits per heavy atom. The van der Waals surface area contributed by atoms with Crippen molar-refractivity contribution in [2.24, 2.45) is 0 Å². The van der Waals surface area contributed by atoms with Gasteiger partial charge < -0.3 is 15.3 Å². The number of nitrogens with zero attached hydrogens (tertiary/aromatic N) is 1. The first-order chi connectivity index (χ1) is 9.40. The molecule has 1 fully saturated rings. The summed E-state index contributed by atoms with van der Waals surface area (Å²) in [7, 11) is 0. The van der Waals surface area contributed by atoms with Gasteiger partial charge in [0.25, 0.3) is 0 Å². The highest BCUT2D eigenvalue weighted by molar-refractivity contribution is 7.99. The molecule has 5 nitrogen and oxygen atoms in total. The van der Waals surface area contributed by atoms with Crippen molar-refractivity contribution >= 4 is 52.7 Å². The quantitative estimate of drug-likeness (QED) is 0.870. The SMILES string of the molecule is Cc1cc(Cl)c(NC(=O)N2CSCC2C(=O)O)cc1Cl. The molecule has 2 rings (SSSR count). The van der Waals surface area contributed by atoms with Crippen LogP contribution in [0.15, 0.2) is 12.1 Å². The summed E-state index contributed by atoms with van der Waals surface area (Å²) in [6, 6.07) is 1.88. The number of rotatable bonds is 2. The highest BCUT2D eigenvalue weighted by atomic mass is 35.5. The fraction of sp³-hybridized carbons (Fsp3) is 0.333. The number of benzene rings is 1. The summed E-state index contributed by atoms with van der Waals surface area (Å²) in [6.07, 6.45) is 0. The van der Waals surface area contributed by atoms with Crippen LogP contribution in [0.2, 0.25) is 10.0 Å². The van der Waals surface area contributed by atoms with Crippen LogP contribution in [0.1, 0.15) is 5.56 Å². The van der Waals surface area contributed by atoms with Crippen LogP contribution in [0, 0.1) is 6.92 Å². The smallest absolute Gasteiger partial charge is 0.327 e. The van der Waals surface area contributed by atoms with E-state index in [2.05, 4.69) is 5.32 Å². The van der Waals surface area contributed by atoms with E-state index in [1.54, 1.807) is 19.1 Å². The number of amides is 2. The zero-order valence-corrected chi connectivity index (χ0v) is 12.8. The van der Waals surface area contributed by atoms with Crippen LogP contribution < -0.4 is 5.32 Å². The van der Waals surface area contributed by atoms with Gasteiger partial charge in [0, 0.05) is 10.8 Å². The molecule has 8 heteroatoms. The van der Waals surface area contributed by atoms with Crippen LogP contribution in [0.4, 0.5) is 10.5 Å². The number of hydrogen-bond donors (Lipinski definition) is 2. The number of carbonyl (C=O) groups excluding carboxylic acids is 1. The Labute approximate surface area is 130 Å². The van der Waals surface area contributed by atoms with E-state index < -0.39 is 18.0 Å². The summed E-state index contributed by atoms with van der Waals surface area (Å²) in [5, 5.41) is 12.5. The van der Waals surface area contributed by atoms with Gasteiger partial charge >= 0.3 is 12.0 Å². The highest BCUT2D eigenvalue weighted by Crippen LogP contribution is 2.30. The molecule has 1 aliphatic heterocycles. The van der Waals surface area contributed by atoms with E-state index >= 15 is 0 Å². The molecule has 0 aliphatic carbocycles. The highest BCUT2D eigenvalue weighted by Gasteiger charge is 2.34. The standard InChI is InChI=1S/C12H12Cl2N2O3S/c1-6-2-8(14)9(3-7(6)13)15-12(19)16-5-20-4-10(16)11(17)18/h2-3,10H,4-5H2,1H3,(H,15,19)(H,17,18). The van der Waals surface area contributed by atoms with Crippen LogP contribution in [0.5, 0.6) is 0 Å². The minimum atomic E-state index is -1.02. The van der Waals surface area contributed by atoms with E-state index in [9.17, 15) is 9.59 Å². The van der Waals surface area contributed by atoms with E-state index in [1.165, 1.54) is 16.7 Å². The first-order valence-electron chi connectivity index (χ1n) is 5.74. The summed E-state index contributed by atoms with van der Waals surface area (Å²) < 4.78 is 0. The first kappa shape index (κ1) is 15.3. The molecule has 20 heavy (non-hydrogen) atoms. The summed E-state index contributed by atoms with van der Waals surface area (Å²) >= 11 is 13.4. The molecule has 0 spiro atoms. The Hall–Kier alpha value is -1.11. The van der Waals surface area contributed by atoms with Crippen molar-refractivity contribution < 1.29 is 14.7 Å². The number of anilines is 1. The average Bonchev–Trinajstić information content (AvgIpc) is 2.85. The number of carbonyl (C=O) groups is 2. The van der Waals surface area contributed by atoms with Crippen LogP contribution in [0.3, 0.4) is 0 Å². The summed E-state index contributed by atoms with van der Waals surface area (Å²) in [4.78, 5) is 24.4. The second kappa shape index (κ2) is 6.11. The van der Waals surface area contributed by atoms with Gasteiger partial charge in [-0.05, 0) is 24.6 Å². The minimum Gasteiger partial charge on any atom is -0.480 e. The number of urea groups is 1. The van der Waals surface area contributed by atoms with Crippen molar-refractivity contribution in [3.8, 4) is 0 Å². The van der Waals surface area contributed by atoms with Crippen LogP contribution in [-0.4, -0.2) is 39.7 Å². The molecule has 108 valence electrons. The molecule has 0 aromatic heterocycles. The lowest BCUT2D eigenvalue weighted by Gasteiger charge is -2.21. The van der Waals surface area contributed by atoms with Gasteiger partial charge in [-0.1, -0.05) is 23.2 Å². The maximum absolute atomic E-state index is 12.1. The largest absolute Gasteiger partial charge is 0.480 e.